The molecule has 0 amide bonds. The minimum absolute atomic E-state index is 0.0675. The number of nitrogens with one attached hydrogen (secondary N) is 1. The third-order valence-electron chi connectivity index (χ3n) is 3.27. The third-order valence-corrected chi connectivity index (χ3v) is 3.27. The van der Waals surface area contributed by atoms with Gasteiger partial charge in [-0.3, -0.25) is 0 Å². The average molecular weight is 234 g/mol. The summed E-state index contributed by atoms with van der Waals surface area (Å²) in [5.41, 5.74) is 1.03. The molecule has 0 unspecified atom stereocenters. The maximum atomic E-state index is 13.1. The minimum Gasteiger partial charge on any atom is -0.396 e. The molecule has 1 aliphatic carbocycles. The van der Waals surface area contributed by atoms with Gasteiger partial charge in [0.2, 0.25) is 0 Å². The van der Waals surface area contributed by atoms with Crippen molar-refractivity contribution in [3.8, 4) is 6.07 Å². The number of aliphatic hydroxyl groups is 1. The first-order valence-corrected chi connectivity index (χ1v) is 5.69. The Labute approximate surface area is 99.9 Å². The van der Waals surface area contributed by atoms with E-state index in [1.807, 2.05) is 6.07 Å². The molecule has 0 bridgehead atoms. The molecule has 0 heterocycles. The summed E-state index contributed by atoms with van der Waals surface area (Å²) in [5, 5.41) is 21.1. The van der Waals surface area contributed by atoms with Crippen molar-refractivity contribution in [1.29, 1.82) is 5.26 Å². The van der Waals surface area contributed by atoms with E-state index >= 15 is 0 Å². The lowest BCUT2D eigenvalue weighted by atomic mass is 10.1. The van der Waals surface area contributed by atoms with E-state index in [1.165, 1.54) is 6.07 Å². The number of aliphatic hydroxyl groups excluding tert-OH is 1. The van der Waals surface area contributed by atoms with Crippen LogP contribution >= 0.6 is 0 Å². The lowest BCUT2D eigenvalue weighted by molar-refractivity contribution is 0.207. The Morgan fingerprint density at radius 3 is 2.82 bits per heavy atom. The van der Waals surface area contributed by atoms with Crippen molar-refractivity contribution in [2.75, 3.05) is 13.2 Å². The van der Waals surface area contributed by atoms with Crippen molar-refractivity contribution in [3.05, 3.63) is 35.1 Å². The van der Waals surface area contributed by atoms with Crippen molar-refractivity contribution in [2.24, 2.45) is 5.41 Å². The van der Waals surface area contributed by atoms with Gasteiger partial charge in [-0.15, -0.1) is 0 Å². The highest BCUT2D eigenvalue weighted by Gasteiger charge is 2.41. The summed E-state index contributed by atoms with van der Waals surface area (Å²) in [4.78, 5) is 0. The zero-order valence-electron chi connectivity index (χ0n) is 9.54. The summed E-state index contributed by atoms with van der Waals surface area (Å²) in [6, 6.07) is 6.36. The molecule has 17 heavy (non-hydrogen) atoms. The predicted octanol–water partition coefficient (Wildman–Crippen LogP) is 1.56. The molecule has 0 radical (unpaired) electrons. The molecular weight excluding hydrogens is 219 g/mol. The third kappa shape index (κ3) is 2.82. The smallest absolute Gasteiger partial charge is 0.140 e. The molecule has 0 aromatic heterocycles. The summed E-state index contributed by atoms with van der Waals surface area (Å²) in [7, 11) is 0. The van der Waals surface area contributed by atoms with Crippen LogP contribution < -0.4 is 5.32 Å². The van der Waals surface area contributed by atoms with Gasteiger partial charge >= 0.3 is 0 Å². The molecule has 0 saturated heterocycles. The highest BCUT2D eigenvalue weighted by Crippen LogP contribution is 2.44. The summed E-state index contributed by atoms with van der Waals surface area (Å²) >= 11 is 0. The molecule has 1 aromatic rings. The van der Waals surface area contributed by atoms with Crippen LogP contribution in [0.25, 0.3) is 0 Å². The molecule has 1 saturated carbocycles. The number of hydrogen-bond donors (Lipinski definition) is 2. The minimum atomic E-state index is -0.481. The van der Waals surface area contributed by atoms with E-state index in [4.69, 9.17) is 10.4 Å². The van der Waals surface area contributed by atoms with Gasteiger partial charge in [0.05, 0.1) is 5.56 Å². The van der Waals surface area contributed by atoms with Crippen LogP contribution in [0.3, 0.4) is 0 Å². The maximum Gasteiger partial charge on any atom is 0.140 e. The SMILES string of the molecule is N#Cc1cc(CNCC2(CO)CC2)ccc1F. The van der Waals surface area contributed by atoms with Crippen LogP contribution in [0, 0.1) is 22.6 Å². The fourth-order valence-electron chi connectivity index (χ4n) is 1.81. The summed E-state index contributed by atoms with van der Waals surface area (Å²) in [5.74, 6) is -0.481. The van der Waals surface area contributed by atoms with Crippen LogP contribution in [0.1, 0.15) is 24.0 Å². The molecular formula is C13H15FN2O. The first kappa shape index (κ1) is 12.0. The molecule has 1 aliphatic rings. The van der Waals surface area contributed by atoms with Crippen LogP contribution in [0.2, 0.25) is 0 Å². The maximum absolute atomic E-state index is 13.1. The van der Waals surface area contributed by atoms with Gasteiger partial charge in [0, 0.05) is 25.1 Å². The van der Waals surface area contributed by atoms with Crippen LogP contribution in [0.5, 0.6) is 0 Å². The highest BCUT2D eigenvalue weighted by molar-refractivity contribution is 5.34. The van der Waals surface area contributed by atoms with E-state index in [0.29, 0.717) is 6.54 Å². The first-order valence-electron chi connectivity index (χ1n) is 5.69. The lowest BCUT2D eigenvalue weighted by Gasteiger charge is -2.12. The van der Waals surface area contributed by atoms with Crippen molar-refractivity contribution in [1.82, 2.24) is 5.32 Å². The Morgan fingerprint density at radius 1 is 1.47 bits per heavy atom. The van der Waals surface area contributed by atoms with Gasteiger partial charge in [0.15, 0.2) is 0 Å². The average Bonchev–Trinajstić information content (AvgIpc) is 3.12. The summed E-state index contributed by atoms with van der Waals surface area (Å²) < 4.78 is 13.1. The molecule has 2 N–H and O–H groups in total. The summed E-state index contributed by atoms with van der Waals surface area (Å²) in [6.45, 7) is 1.58. The van der Waals surface area contributed by atoms with Crippen molar-refractivity contribution in [2.45, 2.75) is 19.4 Å². The Bertz CT molecular complexity index is 449. The first-order chi connectivity index (χ1) is 8.19. The Morgan fingerprint density at radius 2 is 2.24 bits per heavy atom. The largest absolute Gasteiger partial charge is 0.396 e. The standard InChI is InChI=1S/C13H15FN2O/c14-12-2-1-10(5-11(12)6-15)7-16-8-13(9-17)3-4-13/h1-2,5,16-17H,3-4,7-9H2. The van der Waals surface area contributed by atoms with E-state index in [-0.39, 0.29) is 17.6 Å². The number of rotatable bonds is 5. The van der Waals surface area contributed by atoms with Crippen molar-refractivity contribution < 1.29 is 9.50 Å². The second-order valence-electron chi connectivity index (χ2n) is 4.69. The monoisotopic (exact) mass is 234 g/mol. The molecule has 4 heteroatoms. The Balaban J connectivity index is 1.89. The Hall–Kier alpha value is -1.44. The van der Waals surface area contributed by atoms with E-state index in [0.717, 1.165) is 24.9 Å². The lowest BCUT2D eigenvalue weighted by Crippen LogP contribution is -2.26. The molecule has 1 aromatic carbocycles. The summed E-state index contributed by atoms with van der Waals surface area (Å²) in [6.07, 6.45) is 2.12. The van der Waals surface area contributed by atoms with E-state index in [2.05, 4.69) is 5.32 Å². The van der Waals surface area contributed by atoms with E-state index in [9.17, 15) is 4.39 Å². The number of benzene rings is 1. The zero-order valence-corrected chi connectivity index (χ0v) is 9.54. The number of nitriles is 1. The van der Waals surface area contributed by atoms with Crippen molar-refractivity contribution >= 4 is 0 Å². The van der Waals surface area contributed by atoms with Crippen LogP contribution in [0.15, 0.2) is 18.2 Å². The van der Waals surface area contributed by atoms with Crippen LogP contribution in [-0.2, 0) is 6.54 Å². The molecule has 0 atom stereocenters. The molecule has 90 valence electrons. The molecule has 0 spiro atoms. The predicted molar refractivity (Wildman–Crippen MR) is 61.6 cm³/mol. The van der Waals surface area contributed by atoms with Gasteiger partial charge < -0.3 is 10.4 Å². The quantitative estimate of drug-likeness (QED) is 0.813. The molecule has 2 rings (SSSR count). The van der Waals surface area contributed by atoms with Gasteiger partial charge in [-0.25, -0.2) is 4.39 Å². The number of hydrogen-bond acceptors (Lipinski definition) is 3. The van der Waals surface area contributed by atoms with Gasteiger partial charge in [0.1, 0.15) is 11.9 Å². The van der Waals surface area contributed by atoms with Gasteiger partial charge in [0.25, 0.3) is 0 Å². The molecule has 3 nitrogen and oxygen atoms in total. The fraction of sp³-hybridized carbons (Fsp3) is 0.462. The van der Waals surface area contributed by atoms with Gasteiger partial charge in [-0.2, -0.15) is 5.26 Å². The topological polar surface area (TPSA) is 56.0 Å². The van der Waals surface area contributed by atoms with E-state index in [1.54, 1.807) is 12.1 Å². The fourth-order valence-corrected chi connectivity index (χ4v) is 1.81. The van der Waals surface area contributed by atoms with Crippen LogP contribution in [-0.4, -0.2) is 18.3 Å². The second-order valence-corrected chi connectivity index (χ2v) is 4.69. The zero-order chi connectivity index (χ0) is 12.3. The second kappa shape index (κ2) is 4.82. The number of halogens is 1. The Kier molecular flexibility index (Phi) is 3.41. The number of nitrogens with zero attached hydrogens (tertiary/aromatic N) is 1. The van der Waals surface area contributed by atoms with Gasteiger partial charge in [-0.1, -0.05) is 6.07 Å². The van der Waals surface area contributed by atoms with Crippen molar-refractivity contribution in [3.63, 3.8) is 0 Å². The molecule has 0 aliphatic heterocycles. The van der Waals surface area contributed by atoms with Gasteiger partial charge in [-0.05, 0) is 30.5 Å². The molecule has 1 fully saturated rings. The van der Waals surface area contributed by atoms with E-state index < -0.39 is 5.82 Å². The van der Waals surface area contributed by atoms with Crippen LogP contribution in [0.4, 0.5) is 4.39 Å². The normalized spacial score (nSPS) is 16.5. The highest BCUT2D eigenvalue weighted by atomic mass is 19.1.